The van der Waals surface area contributed by atoms with Gasteiger partial charge in [-0.3, -0.25) is 4.79 Å². The van der Waals surface area contributed by atoms with E-state index >= 15 is 0 Å². The smallest absolute Gasteiger partial charge is 0.222 e. The Kier molecular flexibility index (Phi) is 7.08. The molecule has 124 valence electrons. The van der Waals surface area contributed by atoms with Crippen molar-refractivity contribution in [1.29, 1.82) is 0 Å². The van der Waals surface area contributed by atoms with Crippen LogP contribution in [0.5, 0.6) is 0 Å². The van der Waals surface area contributed by atoms with Gasteiger partial charge in [0.15, 0.2) is 6.29 Å². The Morgan fingerprint density at radius 1 is 1.50 bits per heavy atom. The van der Waals surface area contributed by atoms with Gasteiger partial charge in [-0.05, 0) is 32.1 Å². The van der Waals surface area contributed by atoms with Gasteiger partial charge in [0, 0.05) is 31.9 Å². The van der Waals surface area contributed by atoms with Crippen LogP contribution in [0.25, 0.3) is 0 Å². The zero-order valence-corrected chi connectivity index (χ0v) is 13.0. The third-order valence-corrected chi connectivity index (χ3v) is 4.07. The van der Waals surface area contributed by atoms with Crippen molar-refractivity contribution in [2.45, 2.75) is 32.0 Å². The average molecular weight is 311 g/mol. The fourth-order valence-corrected chi connectivity index (χ4v) is 2.83. The van der Waals surface area contributed by atoms with Crippen molar-refractivity contribution < 1.29 is 24.1 Å². The Hall–Kier alpha value is -0.690. The van der Waals surface area contributed by atoms with E-state index in [1.54, 1.807) is 7.11 Å². The lowest BCUT2D eigenvalue weighted by Crippen LogP contribution is -2.41. The predicted molar refractivity (Wildman–Crippen MR) is 79.8 cm³/mol. The molecule has 1 aliphatic heterocycles. The summed E-state index contributed by atoms with van der Waals surface area (Å²) in [5.41, 5.74) is -0.208. The minimum Gasteiger partial charge on any atom is -0.396 e. The molecule has 2 N–H and O–H groups in total. The van der Waals surface area contributed by atoms with E-state index in [2.05, 4.69) is 18.2 Å². The maximum atomic E-state index is 11.4. The van der Waals surface area contributed by atoms with Gasteiger partial charge in [0.1, 0.15) is 6.10 Å². The second-order valence-electron chi connectivity index (χ2n) is 5.58. The van der Waals surface area contributed by atoms with Crippen LogP contribution in [0.1, 0.15) is 25.7 Å². The van der Waals surface area contributed by atoms with Crippen molar-refractivity contribution in [3.05, 3.63) is 25.4 Å². The number of rotatable bonds is 8. The van der Waals surface area contributed by atoms with E-state index in [9.17, 15) is 4.79 Å². The molecular weight excluding hydrogens is 286 g/mol. The molecule has 1 heterocycles. The third-order valence-electron chi connectivity index (χ3n) is 4.07. The van der Waals surface area contributed by atoms with Gasteiger partial charge >= 0.3 is 0 Å². The van der Waals surface area contributed by atoms with Gasteiger partial charge < -0.3 is 24.6 Å². The number of methoxy groups -OCH3 is 1. The lowest BCUT2D eigenvalue weighted by molar-refractivity contribution is -0.126. The second-order valence-corrected chi connectivity index (χ2v) is 5.58. The fourth-order valence-electron chi connectivity index (χ4n) is 2.83. The number of hydrogen-bond donors (Lipinski definition) is 2. The van der Waals surface area contributed by atoms with Gasteiger partial charge in [0.25, 0.3) is 0 Å². The van der Waals surface area contributed by atoms with Crippen molar-refractivity contribution in [2.75, 3.05) is 33.5 Å². The van der Waals surface area contributed by atoms with Gasteiger partial charge in [-0.15, -0.1) is 0 Å². The number of aliphatic hydroxyl groups excluding tert-OH is 1. The van der Waals surface area contributed by atoms with E-state index < -0.39 is 0 Å². The van der Waals surface area contributed by atoms with Crippen molar-refractivity contribution in [2.24, 2.45) is 5.41 Å². The standard InChI is InChI=1S/C16H25NO5/c1-20-13-3-7-16(8-4-13,15-21-11-12-22-15)6-2-9-17-14(19)5-10-18/h3-4,7,15,18H,2,5-6,8-12H2,1H3,(H,17,19). The SMILES string of the molecule is CO[C]1[CH][CH]C(CCCNC(=O)CCO)(C2OCCO2)C[CH]1. The molecule has 0 aromatic rings. The van der Waals surface area contributed by atoms with Gasteiger partial charge in [0.2, 0.25) is 5.91 Å². The van der Waals surface area contributed by atoms with E-state index in [0.29, 0.717) is 19.8 Å². The highest BCUT2D eigenvalue weighted by Gasteiger charge is 2.45. The molecule has 1 aliphatic carbocycles. The Morgan fingerprint density at radius 3 is 2.86 bits per heavy atom. The normalized spacial score (nSPS) is 22.8. The van der Waals surface area contributed by atoms with Gasteiger partial charge in [-0.1, -0.05) is 0 Å². The van der Waals surface area contributed by atoms with Crippen LogP contribution in [0.2, 0.25) is 0 Å². The topological polar surface area (TPSA) is 77.0 Å². The number of hydrogen-bond acceptors (Lipinski definition) is 5. The summed E-state index contributed by atoms with van der Waals surface area (Å²) in [7, 11) is 1.66. The van der Waals surface area contributed by atoms with Crippen molar-refractivity contribution >= 4 is 5.91 Å². The molecule has 0 aromatic carbocycles. The maximum Gasteiger partial charge on any atom is 0.222 e. The molecule has 2 rings (SSSR count). The van der Waals surface area contributed by atoms with E-state index in [0.717, 1.165) is 25.4 Å². The summed E-state index contributed by atoms with van der Waals surface area (Å²) >= 11 is 0. The molecule has 2 fully saturated rings. The van der Waals surface area contributed by atoms with Crippen LogP contribution < -0.4 is 5.32 Å². The molecule has 22 heavy (non-hydrogen) atoms. The quantitative estimate of drug-likeness (QED) is 0.649. The average Bonchev–Trinajstić information content (AvgIpc) is 3.07. The van der Waals surface area contributed by atoms with Crippen molar-refractivity contribution in [3.63, 3.8) is 0 Å². The highest BCUT2D eigenvalue weighted by molar-refractivity contribution is 5.75. The molecule has 2 aliphatic rings. The van der Waals surface area contributed by atoms with Crippen molar-refractivity contribution in [3.8, 4) is 0 Å². The highest BCUT2D eigenvalue weighted by Crippen LogP contribution is 2.46. The molecule has 0 aromatic heterocycles. The first-order valence-corrected chi connectivity index (χ1v) is 7.74. The summed E-state index contributed by atoms with van der Waals surface area (Å²) in [6.45, 7) is 1.71. The van der Waals surface area contributed by atoms with E-state index in [1.807, 2.05) is 6.42 Å². The summed E-state index contributed by atoms with van der Waals surface area (Å²) in [4.78, 5) is 11.4. The van der Waals surface area contributed by atoms with Crippen LogP contribution in [-0.4, -0.2) is 50.8 Å². The minimum atomic E-state index is -0.244. The van der Waals surface area contributed by atoms with Crippen LogP contribution in [0.4, 0.5) is 0 Å². The largest absolute Gasteiger partial charge is 0.396 e. The Labute approximate surface area is 132 Å². The maximum absolute atomic E-state index is 11.4. The number of amides is 1. The molecule has 4 radical (unpaired) electrons. The zero-order chi connectivity index (χ0) is 15.8. The molecule has 1 amide bonds. The van der Waals surface area contributed by atoms with Crippen LogP contribution in [-0.2, 0) is 19.0 Å². The molecule has 1 atom stereocenters. The van der Waals surface area contributed by atoms with E-state index in [4.69, 9.17) is 19.3 Å². The lowest BCUT2D eigenvalue weighted by Gasteiger charge is -2.41. The van der Waals surface area contributed by atoms with Gasteiger partial charge in [-0.25, -0.2) is 0 Å². The van der Waals surface area contributed by atoms with Gasteiger partial charge in [-0.2, -0.15) is 0 Å². The first-order chi connectivity index (χ1) is 10.7. The highest BCUT2D eigenvalue weighted by atomic mass is 16.7. The number of nitrogens with one attached hydrogen (secondary N) is 1. The van der Waals surface area contributed by atoms with Gasteiger partial charge in [0.05, 0.1) is 19.8 Å². The first-order valence-electron chi connectivity index (χ1n) is 7.74. The number of aliphatic hydroxyl groups is 1. The van der Waals surface area contributed by atoms with Crippen LogP contribution in [0.15, 0.2) is 0 Å². The van der Waals surface area contributed by atoms with Crippen LogP contribution >= 0.6 is 0 Å². The molecule has 6 heteroatoms. The second kappa shape index (κ2) is 8.82. The molecule has 0 bridgehead atoms. The molecule has 0 spiro atoms. The molecule has 1 saturated carbocycles. The molecular formula is C16H25NO5. The summed E-state index contributed by atoms with van der Waals surface area (Å²) in [5.74, 6) is -0.120. The number of carbonyl (C=O) groups is 1. The summed E-state index contributed by atoms with van der Waals surface area (Å²) < 4.78 is 16.7. The molecule has 1 unspecified atom stereocenters. The lowest BCUT2D eigenvalue weighted by atomic mass is 9.69. The number of carbonyl (C=O) groups excluding carboxylic acids is 1. The summed E-state index contributed by atoms with van der Waals surface area (Å²) in [5, 5.41) is 11.5. The zero-order valence-electron chi connectivity index (χ0n) is 13.0. The molecule has 1 saturated heterocycles. The minimum absolute atomic E-state index is 0.118. The molecule has 6 nitrogen and oxygen atoms in total. The fraction of sp³-hybridized carbons (Fsp3) is 0.688. The monoisotopic (exact) mass is 311 g/mol. The van der Waals surface area contributed by atoms with Crippen molar-refractivity contribution in [1.82, 2.24) is 5.32 Å². The van der Waals surface area contributed by atoms with Crippen LogP contribution in [0.3, 0.4) is 0 Å². The predicted octanol–water partition coefficient (Wildman–Crippen LogP) is 0.819. The van der Waals surface area contributed by atoms with E-state index in [1.165, 1.54) is 0 Å². The Morgan fingerprint density at radius 2 is 2.27 bits per heavy atom. The first kappa shape index (κ1) is 17.7. The summed E-state index contributed by atoms with van der Waals surface area (Å²) in [6, 6.07) is 0. The van der Waals surface area contributed by atoms with Crippen LogP contribution in [0, 0.1) is 30.8 Å². The third kappa shape index (κ3) is 4.65. The summed E-state index contributed by atoms with van der Waals surface area (Å²) in [6.07, 6.45) is 9.34. The Bertz CT molecular complexity index is 335. The Balaban J connectivity index is 1.82. The number of ether oxygens (including phenoxy) is 3. The van der Waals surface area contributed by atoms with E-state index in [-0.39, 0.29) is 30.6 Å².